The Morgan fingerprint density at radius 3 is 2.76 bits per heavy atom. The molecule has 0 spiro atoms. The highest BCUT2D eigenvalue weighted by atomic mass is 32.2. The number of pyridine rings is 1. The number of aromatic amines is 1. The largest absolute Gasteiger partial charge is 0.394 e. The molecule has 1 atom stereocenters. The molecular formula is C22H23N7O4S. The van der Waals surface area contributed by atoms with Crippen LogP contribution in [0.4, 0.5) is 17.3 Å². The van der Waals surface area contributed by atoms with Gasteiger partial charge >= 0.3 is 0 Å². The van der Waals surface area contributed by atoms with Crippen molar-refractivity contribution in [1.29, 1.82) is 0 Å². The van der Waals surface area contributed by atoms with Crippen molar-refractivity contribution in [2.75, 3.05) is 29.0 Å². The lowest BCUT2D eigenvalue weighted by Gasteiger charge is -2.21. The summed E-state index contributed by atoms with van der Waals surface area (Å²) in [4.78, 5) is 24.4. The second-order valence-corrected chi connectivity index (χ2v) is 9.99. The van der Waals surface area contributed by atoms with E-state index in [0.29, 0.717) is 29.4 Å². The van der Waals surface area contributed by atoms with Gasteiger partial charge in [-0.1, -0.05) is 0 Å². The third-order valence-electron chi connectivity index (χ3n) is 5.84. The van der Waals surface area contributed by atoms with Gasteiger partial charge in [0.05, 0.1) is 42.7 Å². The standard InChI is InChI=1S/C22H23N7O4S/c1-34(32,33)28(10-11-30)16-4-2-15(3-5-16)26-22-24-12-14-13-25-29(21(14)27-22)18-7-6-17-19(31)8-9-23-20(17)18/h2-5,8-9,12-13,18,30H,6-7,10-11H2,1H3,(H,23,31)(H,24,26,27). The monoisotopic (exact) mass is 481 g/mol. The van der Waals surface area contributed by atoms with Gasteiger partial charge in [0.2, 0.25) is 16.0 Å². The Kier molecular flexibility index (Phi) is 5.54. The molecule has 1 unspecified atom stereocenters. The summed E-state index contributed by atoms with van der Waals surface area (Å²) in [6, 6.07) is 8.15. The topological polar surface area (TPSA) is 146 Å². The number of benzene rings is 1. The van der Waals surface area contributed by atoms with E-state index >= 15 is 0 Å². The van der Waals surface area contributed by atoms with Crippen molar-refractivity contribution >= 4 is 38.4 Å². The first kappa shape index (κ1) is 22.0. The molecule has 3 heterocycles. The molecule has 1 aliphatic rings. The van der Waals surface area contributed by atoms with E-state index in [1.165, 1.54) is 6.07 Å². The highest BCUT2D eigenvalue weighted by molar-refractivity contribution is 7.92. The van der Waals surface area contributed by atoms with Crippen LogP contribution in [0.2, 0.25) is 0 Å². The van der Waals surface area contributed by atoms with Crippen molar-refractivity contribution in [2.45, 2.75) is 18.9 Å². The third kappa shape index (κ3) is 4.01. The van der Waals surface area contributed by atoms with E-state index in [-0.39, 0.29) is 24.6 Å². The number of hydrogen-bond acceptors (Lipinski definition) is 8. The number of nitrogens with zero attached hydrogens (tertiary/aromatic N) is 5. The number of rotatable bonds is 7. The first-order valence-corrected chi connectivity index (χ1v) is 12.6. The van der Waals surface area contributed by atoms with Gasteiger partial charge in [-0.15, -0.1) is 0 Å². The summed E-state index contributed by atoms with van der Waals surface area (Å²) in [6.07, 6.45) is 7.57. The average molecular weight is 482 g/mol. The van der Waals surface area contributed by atoms with E-state index in [1.54, 1.807) is 42.9 Å². The van der Waals surface area contributed by atoms with Crippen LogP contribution in [0.25, 0.3) is 11.0 Å². The average Bonchev–Trinajstić information content (AvgIpc) is 3.42. The summed E-state index contributed by atoms with van der Waals surface area (Å²) in [5.41, 5.74) is 3.43. The van der Waals surface area contributed by atoms with E-state index in [1.807, 2.05) is 4.68 Å². The molecule has 3 aromatic heterocycles. The number of anilines is 3. The SMILES string of the molecule is CS(=O)(=O)N(CCO)c1ccc(Nc2ncc3cnn(C4CCc5c4[nH]ccc5=O)c3n2)cc1. The predicted molar refractivity (Wildman–Crippen MR) is 128 cm³/mol. The lowest BCUT2D eigenvalue weighted by atomic mass is 10.2. The summed E-state index contributed by atoms with van der Waals surface area (Å²) in [5.74, 6) is 0.358. The molecule has 11 nitrogen and oxygen atoms in total. The summed E-state index contributed by atoms with van der Waals surface area (Å²) in [7, 11) is -3.51. The summed E-state index contributed by atoms with van der Waals surface area (Å²) >= 11 is 0. The molecule has 0 fully saturated rings. The van der Waals surface area contributed by atoms with Crippen LogP contribution < -0.4 is 15.1 Å². The van der Waals surface area contributed by atoms with Crippen molar-refractivity contribution in [2.24, 2.45) is 0 Å². The van der Waals surface area contributed by atoms with Gasteiger partial charge in [0.15, 0.2) is 11.1 Å². The first-order chi connectivity index (χ1) is 16.3. The Bertz CT molecular complexity index is 1510. The number of sulfonamides is 1. The summed E-state index contributed by atoms with van der Waals surface area (Å²) in [5, 5.41) is 17.6. The number of hydrogen-bond donors (Lipinski definition) is 3. The van der Waals surface area contributed by atoms with Crippen LogP contribution in [0.5, 0.6) is 0 Å². The highest BCUT2D eigenvalue weighted by Crippen LogP contribution is 2.32. The van der Waals surface area contributed by atoms with Crippen LogP contribution in [-0.4, -0.2) is 57.7 Å². The smallest absolute Gasteiger partial charge is 0.232 e. The number of H-pyrrole nitrogens is 1. The zero-order valence-electron chi connectivity index (χ0n) is 18.3. The van der Waals surface area contributed by atoms with Gasteiger partial charge in [-0.2, -0.15) is 10.1 Å². The summed E-state index contributed by atoms with van der Waals surface area (Å²) < 4.78 is 26.9. The number of aromatic nitrogens is 5. The van der Waals surface area contributed by atoms with Crippen LogP contribution in [0.3, 0.4) is 0 Å². The fraction of sp³-hybridized carbons (Fsp3) is 0.273. The zero-order valence-corrected chi connectivity index (χ0v) is 19.2. The van der Waals surface area contributed by atoms with E-state index in [4.69, 9.17) is 0 Å². The summed E-state index contributed by atoms with van der Waals surface area (Å²) in [6.45, 7) is -0.307. The molecule has 0 aliphatic heterocycles. The van der Waals surface area contributed by atoms with Gasteiger partial charge in [-0.25, -0.2) is 18.1 Å². The lowest BCUT2D eigenvalue weighted by Crippen LogP contribution is -2.32. The van der Waals surface area contributed by atoms with Crippen molar-refractivity contribution in [1.82, 2.24) is 24.7 Å². The van der Waals surface area contributed by atoms with Gasteiger partial charge < -0.3 is 15.4 Å². The molecule has 0 amide bonds. The van der Waals surface area contributed by atoms with Crippen LogP contribution in [-0.2, 0) is 16.4 Å². The minimum absolute atomic E-state index is 0.0229. The van der Waals surface area contributed by atoms with Crippen LogP contribution in [0, 0.1) is 0 Å². The predicted octanol–water partition coefficient (Wildman–Crippen LogP) is 1.55. The quantitative estimate of drug-likeness (QED) is 0.360. The van der Waals surface area contributed by atoms with Crippen molar-refractivity contribution < 1.29 is 13.5 Å². The molecule has 4 aromatic rings. The molecule has 3 N–H and O–H groups in total. The van der Waals surface area contributed by atoms with Crippen molar-refractivity contribution in [3.8, 4) is 0 Å². The zero-order chi connectivity index (χ0) is 23.9. The molecule has 0 bridgehead atoms. The molecule has 12 heteroatoms. The second kappa shape index (κ2) is 8.54. The molecular weight excluding hydrogens is 458 g/mol. The Morgan fingerprint density at radius 1 is 1.24 bits per heavy atom. The van der Waals surface area contributed by atoms with Gasteiger partial charge in [0.1, 0.15) is 0 Å². The second-order valence-electron chi connectivity index (χ2n) is 8.08. The third-order valence-corrected chi connectivity index (χ3v) is 7.04. The van der Waals surface area contributed by atoms with E-state index in [0.717, 1.165) is 33.6 Å². The minimum Gasteiger partial charge on any atom is -0.394 e. The van der Waals surface area contributed by atoms with E-state index in [2.05, 4.69) is 25.4 Å². The molecule has 1 aliphatic carbocycles. The lowest BCUT2D eigenvalue weighted by molar-refractivity contribution is 0.307. The van der Waals surface area contributed by atoms with Crippen LogP contribution >= 0.6 is 0 Å². The molecule has 176 valence electrons. The van der Waals surface area contributed by atoms with E-state index < -0.39 is 10.0 Å². The van der Waals surface area contributed by atoms with Gasteiger partial charge in [0, 0.05) is 35.4 Å². The number of fused-ring (bicyclic) bond motifs is 2. The van der Waals surface area contributed by atoms with Crippen molar-refractivity contribution in [3.05, 3.63) is 70.4 Å². The van der Waals surface area contributed by atoms with Crippen molar-refractivity contribution in [3.63, 3.8) is 0 Å². The maximum atomic E-state index is 12.2. The van der Waals surface area contributed by atoms with Gasteiger partial charge in [0.25, 0.3) is 0 Å². The molecule has 0 saturated heterocycles. The number of nitrogens with one attached hydrogen (secondary N) is 2. The molecule has 0 radical (unpaired) electrons. The fourth-order valence-corrected chi connectivity index (χ4v) is 5.21. The van der Waals surface area contributed by atoms with Crippen LogP contribution in [0.15, 0.2) is 53.7 Å². The normalized spacial score (nSPS) is 15.4. The fourth-order valence-electron chi connectivity index (χ4n) is 4.29. The van der Waals surface area contributed by atoms with Crippen LogP contribution in [0.1, 0.15) is 23.7 Å². The Labute approximate surface area is 195 Å². The molecule has 34 heavy (non-hydrogen) atoms. The minimum atomic E-state index is -3.51. The Balaban J connectivity index is 1.42. The molecule has 5 rings (SSSR count). The number of aliphatic hydroxyl groups excluding tert-OH is 1. The molecule has 0 saturated carbocycles. The van der Waals surface area contributed by atoms with Gasteiger partial charge in [-0.3, -0.25) is 9.10 Å². The Hall–Kier alpha value is -3.77. The number of aliphatic hydroxyl groups is 1. The Morgan fingerprint density at radius 2 is 2.03 bits per heavy atom. The molecule has 1 aromatic carbocycles. The van der Waals surface area contributed by atoms with Gasteiger partial charge in [-0.05, 0) is 37.1 Å². The maximum absolute atomic E-state index is 12.2. The highest BCUT2D eigenvalue weighted by Gasteiger charge is 2.28. The maximum Gasteiger partial charge on any atom is 0.232 e. The first-order valence-electron chi connectivity index (χ1n) is 10.7. The van der Waals surface area contributed by atoms with E-state index in [9.17, 15) is 18.3 Å².